The van der Waals surface area contributed by atoms with Crippen LogP contribution in [0.15, 0.2) is 0 Å². The van der Waals surface area contributed by atoms with Gasteiger partial charge in [0.05, 0.1) is 0 Å². The first-order valence-corrected chi connectivity index (χ1v) is 0. The Bertz CT molecular complexity index is 7.64. The van der Waals surface area contributed by atoms with E-state index in [0.717, 1.165) is 0 Å². The summed E-state index contributed by atoms with van der Waals surface area (Å²) in [5.74, 6) is 0. The Hall–Kier alpha value is 6.36. The predicted molar refractivity (Wildman–Crippen MR) is 57.7 cm³/mol. The molecule has 0 aromatic carbocycles. The molecule has 0 atom stereocenters. The van der Waals surface area contributed by atoms with Gasteiger partial charge in [0, 0.05) is 0 Å². The summed E-state index contributed by atoms with van der Waals surface area (Å²) in [7, 11) is 0. The monoisotopic (exact) mass is 300 g/mol. The predicted octanol–water partition coefficient (Wildman–Crippen LogP) is 0.164. The van der Waals surface area contributed by atoms with Crippen LogP contribution in [0.1, 0.15) is 0 Å². The third kappa shape index (κ3) is 39.4. The van der Waals surface area contributed by atoms with Crippen LogP contribution in [0.25, 0.3) is 0 Å². The van der Waals surface area contributed by atoms with Gasteiger partial charge in [0.1, 0.15) is 0 Å². The Balaban J connectivity index is 0. The van der Waals surface area contributed by atoms with Crippen LogP contribution < -0.4 is 0 Å². The summed E-state index contributed by atoms with van der Waals surface area (Å²) in [4.78, 5) is 0. The van der Waals surface area contributed by atoms with Gasteiger partial charge in [-0.2, -0.15) is 0 Å². The molecule has 0 amide bonds. The summed E-state index contributed by atoms with van der Waals surface area (Å²) in [6.45, 7) is 0. The summed E-state index contributed by atoms with van der Waals surface area (Å²) in [6.07, 6.45) is 0. The minimum absolute atomic E-state index is 0. The van der Waals surface area contributed by atoms with Crippen molar-refractivity contribution in [1.82, 2.24) is 0 Å². The van der Waals surface area contributed by atoms with Gasteiger partial charge in [-0.25, -0.2) is 0 Å². The first kappa shape index (κ1) is 63.4. The summed E-state index contributed by atoms with van der Waals surface area (Å²) < 4.78 is 0. The van der Waals surface area contributed by atoms with Gasteiger partial charge in [-0.3, -0.25) is 0 Å². The van der Waals surface area contributed by atoms with E-state index in [1.54, 1.807) is 0 Å². The molecule has 0 aromatic heterocycles. The van der Waals surface area contributed by atoms with Crippen molar-refractivity contribution in [3.8, 4) is 0 Å². The van der Waals surface area contributed by atoms with Gasteiger partial charge < -0.3 is 0 Å². The molecule has 0 aliphatic carbocycles. The van der Waals surface area contributed by atoms with Crippen LogP contribution in [0.2, 0.25) is 0 Å². The zero-order valence-electron chi connectivity index (χ0n) is 2.04. The molecule has 0 aliphatic rings. The first-order chi connectivity index (χ1) is 0. The molecule has 0 fully saturated rings. The van der Waals surface area contributed by atoms with E-state index in [-0.39, 0.29) is 216 Å². The molecule has 0 bridgehead atoms. The van der Waals surface area contributed by atoms with Crippen LogP contribution in [-0.2, 0) is 0 Å². The molecule has 8 heteroatoms. The maximum absolute atomic E-state index is 0. The Morgan fingerprint density at radius 2 is 0.250 bits per heavy atom. The Labute approximate surface area is 209 Å². The van der Waals surface area contributed by atoms with E-state index in [2.05, 4.69) is 0 Å². The zero-order valence-corrected chi connectivity index (χ0v) is 6.12. The Morgan fingerprint density at radius 3 is 0.250 bits per heavy atom. The molecule has 0 spiro atoms. The topological polar surface area (TPSA) is 0 Å². The molecule has 0 unspecified atom stereocenters. The van der Waals surface area contributed by atoms with Gasteiger partial charge in [-0.15, -0.1) is 62.0 Å². The second-order valence-corrected chi connectivity index (χ2v) is 0. The number of rotatable bonds is 0. The molecule has 8 heavy (non-hydrogen) atoms. The van der Waals surface area contributed by atoms with Crippen molar-refractivity contribution in [2.45, 2.75) is 0 Å². The average Bonchev–Trinajstić information content (AvgIpc) is 0. The number of halogens is 5. The summed E-state index contributed by atoms with van der Waals surface area (Å²) in [5.41, 5.74) is 0. The van der Waals surface area contributed by atoms with Gasteiger partial charge in [-0.05, 0) is 0 Å². The Morgan fingerprint density at radius 1 is 0.250 bits per heavy atom. The Kier molecular flexibility index (Phi) is 400. The summed E-state index contributed by atoms with van der Waals surface area (Å²) in [5, 5.41) is 0. The minimum atomic E-state index is 0. The van der Waals surface area contributed by atoms with Crippen molar-refractivity contribution >= 4 is 216 Å². The standard InChI is InChI=1S/5ClH.3K.3H/h5*1H;;;;;;. The van der Waals surface area contributed by atoms with Crippen molar-refractivity contribution in [2.24, 2.45) is 0 Å². The van der Waals surface area contributed by atoms with Crippen molar-refractivity contribution in [3.63, 3.8) is 0 Å². The summed E-state index contributed by atoms with van der Waals surface area (Å²) in [6, 6.07) is 0. The van der Waals surface area contributed by atoms with Crippen molar-refractivity contribution in [1.29, 1.82) is 0 Å². The van der Waals surface area contributed by atoms with Crippen LogP contribution in [0.4, 0.5) is 0 Å². The summed E-state index contributed by atoms with van der Waals surface area (Å²) >= 11 is 0. The third-order valence-corrected chi connectivity index (χ3v) is 0. The molecular formula is H8Cl5K3. The second kappa shape index (κ2) is 50.5. The molecule has 0 radical (unpaired) electrons. The number of hydrogen-bond acceptors (Lipinski definition) is 0. The average molecular weight is 303 g/mol. The maximum atomic E-state index is 0. The van der Waals surface area contributed by atoms with E-state index in [0.29, 0.717) is 0 Å². The second-order valence-electron chi connectivity index (χ2n) is 0. The molecule has 46 valence electrons. The van der Waals surface area contributed by atoms with E-state index < -0.39 is 0 Å². The molecule has 0 aliphatic heterocycles. The molecule has 0 aromatic rings. The van der Waals surface area contributed by atoms with Gasteiger partial charge in [0.15, 0.2) is 0 Å². The van der Waals surface area contributed by atoms with E-state index in [1.807, 2.05) is 0 Å². The van der Waals surface area contributed by atoms with Gasteiger partial charge >= 0.3 is 154 Å². The molecule has 0 heterocycles. The van der Waals surface area contributed by atoms with E-state index in [4.69, 9.17) is 0 Å². The fourth-order valence-corrected chi connectivity index (χ4v) is 0. The van der Waals surface area contributed by atoms with E-state index >= 15 is 0 Å². The zero-order chi connectivity index (χ0) is 0. The normalized spacial score (nSPS) is 0. The van der Waals surface area contributed by atoms with Crippen molar-refractivity contribution in [2.75, 3.05) is 0 Å². The molecule has 0 saturated heterocycles. The van der Waals surface area contributed by atoms with Crippen molar-refractivity contribution in [3.05, 3.63) is 0 Å². The quantitative estimate of drug-likeness (QED) is 0.560. The van der Waals surface area contributed by atoms with Gasteiger partial charge in [0.2, 0.25) is 0 Å². The molecular weight excluding hydrogens is 295 g/mol. The third-order valence-electron chi connectivity index (χ3n) is 0. The van der Waals surface area contributed by atoms with E-state index in [1.165, 1.54) is 0 Å². The van der Waals surface area contributed by atoms with Crippen LogP contribution in [0.5, 0.6) is 0 Å². The van der Waals surface area contributed by atoms with Crippen molar-refractivity contribution < 1.29 is 0 Å². The molecule has 0 N–H and O–H groups in total. The van der Waals surface area contributed by atoms with Crippen LogP contribution >= 0.6 is 62.0 Å². The van der Waals surface area contributed by atoms with E-state index in [9.17, 15) is 0 Å². The molecule has 0 rings (SSSR count). The fraction of sp³-hybridized carbons (Fsp3) is 0. The SMILES string of the molecule is Cl.Cl.Cl.Cl.Cl.[KH].[KH].[KH]. The first-order valence-electron chi connectivity index (χ1n) is 0. The molecule has 0 nitrogen and oxygen atoms in total. The fourth-order valence-electron chi connectivity index (χ4n) is 0. The number of hydrogen-bond donors (Lipinski definition) is 0. The van der Waals surface area contributed by atoms with Crippen LogP contribution in [0, 0.1) is 0 Å². The van der Waals surface area contributed by atoms with Gasteiger partial charge in [0.25, 0.3) is 0 Å². The molecule has 0 saturated carbocycles. The van der Waals surface area contributed by atoms with Crippen LogP contribution in [-0.4, -0.2) is 154 Å². The van der Waals surface area contributed by atoms with Gasteiger partial charge in [-0.1, -0.05) is 0 Å². The van der Waals surface area contributed by atoms with Crippen LogP contribution in [0.3, 0.4) is 0 Å².